The molecule has 1 aliphatic carbocycles. The molecular weight excluding hydrogens is 304 g/mol. The minimum absolute atomic E-state index is 0.142. The molecule has 0 radical (unpaired) electrons. The Kier molecular flexibility index (Phi) is 4.66. The molecule has 1 aromatic heterocycles. The summed E-state index contributed by atoms with van der Waals surface area (Å²) in [5, 5.41) is 19.2. The Labute approximate surface area is 142 Å². The van der Waals surface area contributed by atoms with E-state index in [1.54, 1.807) is 6.07 Å². The fourth-order valence-corrected chi connectivity index (χ4v) is 3.50. The Morgan fingerprint density at radius 1 is 1.46 bits per heavy atom. The number of rotatable bonds is 5. The summed E-state index contributed by atoms with van der Waals surface area (Å²) in [6.45, 7) is 4.58. The molecule has 3 rings (SSSR count). The van der Waals surface area contributed by atoms with Gasteiger partial charge in [0.15, 0.2) is 0 Å². The van der Waals surface area contributed by atoms with E-state index in [0.29, 0.717) is 6.54 Å². The average molecular weight is 328 g/mol. The Bertz CT molecular complexity index is 751. The van der Waals surface area contributed by atoms with Crippen LogP contribution in [0.15, 0.2) is 24.4 Å². The van der Waals surface area contributed by atoms with Crippen molar-refractivity contribution < 1.29 is 4.92 Å². The van der Waals surface area contributed by atoms with Gasteiger partial charge in [-0.2, -0.15) is 5.10 Å². The molecule has 1 aliphatic rings. The number of nitro groups is 1. The van der Waals surface area contributed by atoms with Gasteiger partial charge < -0.3 is 5.32 Å². The number of hydrogen-bond acceptors (Lipinski definition) is 4. The van der Waals surface area contributed by atoms with Crippen molar-refractivity contribution in [3.63, 3.8) is 0 Å². The maximum absolute atomic E-state index is 11.3. The second kappa shape index (κ2) is 6.73. The Hall–Kier alpha value is -2.21. The van der Waals surface area contributed by atoms with Crippen LogP contribution in [0.4, 0.5) is 5.69 Å². The van der Waals surface area contributed by atoms with E-state index in [4.69, 9.17) is 0 Å². The molecule has 0 amide bonds. The second-order valence-corrected chi connectivity index (χ2v) is 6.80. The third-order valence-corrected chi connectivity index (χ3v) is 4.84. The van der Waals surface area contributed by atoms with E-state index in [2.05, 4.69) is 10.4 Å². The zero-order chi connectivity index (χ0) is 17.3. The van der Waals surface area contributed by atoms with Crippen LogP contribution >= 0.6 is 0 Å². The topological polar surface area (TPSA) is 73.0 Å². The second-order valence-electron chi connectivity index (χ2n) is 6.80. The number of aryl methyl sites for hydroxylation is 1. The van der Waals surface area contributed by atoms with Crippen molar-refractivity contribution >= 4 is 5.69 Å². The predicted octanol–water partition coefficient (Wildman–Crippen LogP) is 3.62. The summed E-state index contributed by atoms with van der Waals surface area (Å²) < 4.78 is 1.95. The molecular formula is C18H24N4O2. The Morgan fingerprint density at radius 3 is 2.96 bits per heavy atom. The number of hydrogen-bond donors (Lipinski definition) is 1. The lowest BCUT2D eigenvalue weighted by Crippen LogP contribution is -2.25. The number of aromatic nitrogens is 2. The van der Waals surface area contributed by atoms with Gasteiger partial charge in [0.05, 0.1) is 11.1 Å². The molecule has 2 aromatic rings. The molecule has 0 fully saturated rings. The fourth-order valence-electron chi connectivity index (χ4n) is 3.50. The van der Waals surface area contributed by atoms with Crippen molar-refractivity contribution in [2.24, 2.45) is 7.05 Å². The first-order chi connectivity index (χ1) is 11.5. The van der Waals surface area contributed by atoms with Gasteiger partial charge in [0.2, 0.25) is 0 Å². The van der Waals surface area contributed by atoms with E-state index >= 15 is 0 Å². The number of nitrogens with zero attached hydrogens (tertiary/aromatic N) is 3. The van der Waals surface area contributed by atoms with E-state index in [1.807, 2.05) is 43.9 Å². The largest absolute Gasteiger partial charge is 0.306 e. The van der Waals surface area contributed by atoms with Crippen LogP contribution in [0.2, 0.25) is 0 Å². The molecule has 1 aromatic carbocycles. The zero-order valence-electron chi connectivity index (χ0n) is 14.5. The summed E-state index contributed by atoms with van der Waals surface area (Å²) in [5.41, 5.74) is 4.50. The quantitative estimate of drug-likeness (QED) is 0.672. The number of benzene rings is 1. The van der Waals surface area contributed by atoms with Gasteiger partial charge in [-0.1, -0.05) is 26.0 Å². The van der Waals surface area contributed by atoms with E-state index in [1.165, 1.54) is 11.3 Å². The summed E-state index contributed by atoms with van der Waals surface area (Å²) in [6.07, 6.45) is 5.22. The average Bonchev–Trinajstić information content (AvgIpc) is 2.94. The van der Waals surface area contributed by atoms with Crippen molar-refractivity contribution in [3.8, 4) is 0 Å². The van der Waals surface area contributed by atoms with Crippen LogP contribution in [-0.2, 0) is 20.0 Å². The summed E-state index contributed by atoms with van der Waals surface area (Å²) in [7, 11) is 1.98. The van der Waals surface area contributed by atoms with Crippen LogP contribution in [0.5, 0.6) is 0 Å². The molecule has 0 bridgehead atoms. The van der Waals surface area contributed by atoms with E-state index < -0.39 is 0 Å². The molecule has 1 atom stereocenters. The SMILES string of the molecule is CC(C)c1ccc(CN[C@H]2CCCc3c2cnn3C)cc1[N+](=O)[O-]. The zero-order valence-corrected chi connectivity index (χ0v) is 14.5. The lowest BCUT2D eigenvalue weighted by Gasteiger charge is -2.24. The molecule has 1 N–H and O–H groups in total. The standard InChI is InChI=1S/C18H24N4O2/c1-12(2)14-8-7-13(9-18(14)22(23)24)10-19-16-5-4-6-17-15(16)11-20-21(17)3/h7-9,11-12,16,19H,4-6,10H2,1-3H3/t16-/m0/s1. The highest BCUT2D eigenvalue weighted by molar-refractivity contribution is 5.45. The minimum Gasteiger partial charge on any atom is -0.306 e. The van der Waals surface area contributed by atoms with Gasteiger partial charge in [0, 0.05) is 42.5 Å². The molecule has 0 saturated heterocycles. The van der Waals surface area contributed by atoms with Crippen LogP contribution in [0, 0.1) is 10.1 Å². The van der Waals surface area contributed by atoms with Gasteiger partial charge in [0.25, 0.3) is 5.69 Å². The van der Waals surface area contributed by atoms with Gasteiger partial charge in [-0.05, 0) is 30.7 Å². The first-order valence-corrected chi connectivity index (χ1v) is 8.48. The van der Waals surface area contributed by atoms with E-state index in [9.17, 15) is 10.1 Å². The minimum atomic E-state index is -0.279. The lowest BCUT2D eigenvalue weighted by molar-refractivity contribution is -0.385. The Balaban J connectivity index is 1.76. The maximum Gasteiger partial charge on any atom is 0.273 e. The molecule has 1 heterocycles. The summed E-state index contributed by atoms with van der Waals surface area (Å²) in [5.74, 6) is 0.142. The molecule has 128 valence electrons. The first-order valence-electron chi connectivity index (χ1n) is 8.48. The highest BCUT2D eigenvalue weighted by Gasteiger charge is 2.23. The Morgan fingerprint density at radius 2 is 2.25 bits per heavy atom. The fraction of sp³-hybridized carbons (Fsp3) is 0.500. The molecule has 24 heavy (non-hydrogen) atoms. The van der Waals surface area contributed by atoms with Crippen LogP contribution in [0.25, 0.3) is 0 Å². The molecule has 6 nitrogen and oxygen atoms in total. The third-order valence-electron chi connectivity index (χ3n) is 4.84. The van der Waals surface area contributed by atoms with Crippen molar-refractivity contribution in [1.29, 1.82) is 0 Å². The van der Waals surface area contributed by atoms with Gasteiger partial charge >= 0.3 is 0 Å². The molecule has 0 aliphatic heterocycles. The molecule has 6 heteroatoms. The normalized spacial score (nSPS) is 17.1. The van der Waals surface area contributed by atoms with Gasteiger partial charge in [0.1, 0.15) is 0 Å². The van der Waals surface area contributed by atoms with E-state index in [0.717, 1.165) is 30.4 Å². The summed E-state index contributed by atoms with van der Waals surface area (Å²) >= 11 is 0. The highest BCUT2D eigenvalue weighted by Crippen LogP contribution is 2.30. The monoisotopic (exact) mass is 328 g/mol. The van der Waals surface area contributed by atoms with Crippen molar-refractivity contribution in [1.82, 2.24) is 15.1 Å². The van der Waals surface area contributed by atoms with Crippen molar-refractivity contribution in [3.05, 3.63) is 56.9 Å². The highest BCUT2D eigenvalue weighted by atomic mass is 16.6. The van der Waals surface area contributed by atoms with Crippen molar-refractivity contribution in [2.75, 3.05) is 0 Å². The molecule has 0 unspecified atom stereocenters. The molecule has 0 saturated carbocycles. The smallest absolute Gasteiger partial charge is 0.273 e. The van der Waals surface area contributed by atoms with Crippen LogP contribution in [-0.4, -0.2) is 14.7 Å². The first kappa shape index (κ1) is 16.6. The van der Waals surface area contributed by atoms with E-state index in [-0.39, 0.29) is 22.6 Å². The number of nitro benzene ring substituents is 1. The number of fused-ring (bicyclic) bond motifs is 1. The summed E-state index contributed by atoms with van der Waals surface area (Å²) in [4.78, 5) is 11.0. The predicted molar refractivity (Wildman–Crippen MR) is 92.9 cm³/mol. The lowest BCUT2D eigenvalue weighted by atomic mass is 9.92. The maximum atomic E-state index is 11.3. The molecule has 0 spiro atoms. The van der Waals surface area contributed by atoms with Crippen molar-refractivity contribution in [2.45, 2.75) is 51.6 Å². The van der Waals surface area contributed by atoms with Gasteiger partial charge in [-0.3, -0.25) is 14.8 Å². The van der Waals surface area contributed by atoms with Crippen LogP contribution < -0.4 is 5.32 Å². The summed E-state index contributed by atoms with van der Waals surface area (Å²) in [6, 6.07) is 5.85. The van der Waals surface area contributed by atoms with Gasteiger partial charge in [-0.25, -0.2) is 0 Å². The third kappa shape index (κ3) is 3.19. The number of nitrogens with one attached hydrogen (secondary N) is 1. The van der Waals surface area contributed by atoms with Gasteiger partial charge in [-0.15, -0.1) is 0 Å². The van der Waals surface area contributed by atoms with Crippen LogP contribution in [0.1, 0.15) is 61.0 Å². The van der Waals surface area contributed by atoms with Crippen LogP contribution in [0.3, 0.4) is 0 Å².